The summed E-state index contributed by atoms with van der Waals surface area (Å²) in [5, 5.41) is 38.8. The van der Waals surface area contributed by atoms with Gasteiger partial charge in [0, 0.05) is 0 Å². The topological polar surface area (TPSA) is 131 Å². The first kappa shape index (κ1) is 16.9. The van der Waals surface area contributed by atoms with Crippen molar-refractivity contribution in [1.29, 1.82) is 0 Å². The van der Waals surface area contributed by atoms with Gasteiger partial charge in [0.05, 0.1) is 6.61 Å². The van der Waals surface area contributed by atoms with Crippen molar-refractivity contribution in [3.63, 3.8) is 0 Å². The van der Waals surface area contributed by atoms with Crippen molar-refractivity contribution in [2.45, 2.75) is 29.6 Å². The molecule has 2 rings (SSSR count). The van der Waals surface area contributed by atoms with Crippen LogP contribution < -0.4 is 29.6 Å². The summed E-state index contributed by atoms with van der Waals surface area (Å²) in [6.07, 6.45) is -3.57. The standard InChI is InChI=1S/C8H11N3O6S.Na/c12-1-3-4(13)5(14)7(17-3)10-2-9-6(8(10)18)11(15)16;/h2-5,7,12-14,18H,1H2;/q;+1/t3-,4-,5-,7-;/m1./s1. The van der Waals surface area contributed by atoms with Crippen LogP contribution >= 0.6 is 12.6 Å². The summed E-state index contributed by atoms with van der Waals surface area (Å²) in [5.74, 6) is -0.476. The third-order valence-corrected chi connectivity index (χ3v) is 3.14. The zero-order valence-corrected chi connectivity index (χ0v) is 12.8. The zero-order valence-electron chi connectivity index (χ0n) is 9.95. The Balaban J connectivity index is 0.00000180. The Bertz CT molecular complexity index is 471. The molecule has 1 aliphatic rings. The number of aliphatic hydroxyl groups is 3. The monoisotopic (exact) mass is 300 g/mol. The number of imidazole rings is 1. The molecule has 19 heavy (non-hydrogen) atoms. The second kappa shape index (κ2) is 6.50. The Morgan fingerprint density at radius 1 is 1.53 bits per heavy atom. The minimum atomic E-state index is -1.33. The SMILES string of the molecule is O=[N+]([O-])c1ncn([C@@H]2O[C@H](CO)[C@@H](O)[C@H]2O)c1S.[Na+]. The van der Waals surface area contributed by atoms with E-state index in [-0.39, 0.29) is 34.6 Å². The fourth-order valence-corrected chi connectivity index (χ4v) is 2.07. The van der Waals surface area contributed by atoms with Crippen LogP contribution in [0.4, 0.5) is 5.82 Å². The first-order valence-electron chi connectivity index (χ1n) is 5.00. The zero-order chi connectivity index (χ0) is 13.4. The summed E-state index contributed by atoms with van der Waals surface area (Å²) < 4.78 is 6.33. The van der Waals surface area contributed by atoms with Gasteiger partial charge in [-0.2, -0.15) is 0 Å². The third-order valence-electron chi connectivity index (χ3n) is 2.71. The van der Waals surface area contributed by atoms with Gasteiger partial charge in [-0.05, 0) is 9.91 Å². The average Bonchev–Trinajstić information content (AvgIpc) is 2.82. The molecule has 1 saturated heterocycles. The van der Waals surface area contributed by atoms with E-state index in [1.807, 2.05) is 0 Å². The van der Waals surface area contributed by atoms with E-state index in [0.29, 0.717) is 0 Å². The molecule has 0 spiro atoms. The second-order valence-corrected chi connectivity index (χ2v) is 4.21. The Morgan fingerprint density at radius 3 is 2.58 bits per heavy atom. The number of aromatic nitrogens is 2. The molecule has 3 N–H and O–H groups in total. The number of hydrogen-bond donors (Lipinski definition) is 4. The Morgan fingerprint density at radius 2 is 2.16 bits per heavy atom. The van der Waals surface area contributed by atoms with Crippen LogP contribution in [-0.2, 0) is 4.74 Å². The molecule has 0 saturated carbocycles. The summed E-state index contributed by atoms with van der Waals surface area (Å²) in [4.78, 5) is 13.4. The van der Waals surface area contributed by atoms with Crippen molar-refractivity contribution >= 4 is 18.4 Å². The predicted octanol–water partition coefficient (Wildman–Crippen LogP) is -4.30. The normalized spacial score (nSPS) is 30.1. The summed E-state index contributed by atoms with van der Waals surface area (Å²) in [6, 6.07) is 0. The van der Waals surface area contributed by atoms with E-state index in [9.17, 15) is 20.3 Å². The number of thiol groups is 1. The van der Waals surface area contributed by atoms with E-state index in [1.165, 1.54) is 0 Å². The maximum atomic E-state index is 10.6. The van der Waals surface area contributed by atoms with Gasteiger partial charge in [0.2, 0.25) is 6.33 Å². The summed E-state index contributed by atoms with van der Waals surface area (Å²) in [7, 11) is 0. The fourth-order valence-electron chi connectivity index (χ4n) is 1.77. The van der Waals surface area contributed by atoms with Crippen LogP contribution in [0.15, 0.2) is 11.4 Å². The van der Waals surface area contributed by atoms with Crippen molar-refractivity contribution in [3.8, 4) is 0 Å². The Labute approximate surface area is 135 Å². The number of aliphatic hydroxyl groups excluding tert-OH is 3. The van der Waals surface area contributed by atoms with E-state index in [0.717, 1.165) is 10.9 Å². The van der Waals surface area contributed by atoms with Crippen LogP contribution in [-0.4, -0.2) is 54.7 Å². The molecule has 100 valence electrons. The largest absolute Gasteiger partial charge is 1.00 e. The number of ether oxygens (including phenoxy) is 1. The molecule has 0 aliphatic carbocycles. The van der Waals surface area contributed by atoms with E-state index in [2.05, 4.69) is 17.6 Å². The van der Waals surface area contributed by atoms with Crippen molar-refractivity contribution in [1.82, 2.24) is 9.55 Å². The molecule has 1 aliphatic heterocycles. The van der Waals surface area contributed by atoms with Crippen LogP contribution in [0.25, 0.3) is 0 Å². The van der Waals surface area contributed by atoms with Gasteiger partial charge in [0.15, 0.2) is 11.3 Å². The van der Waals surface area contributed by atoms with Crippen LogP contribution in [0.1, 0.15) is 6.23 Å². The number of nitro groups is 1. The Kier molecular flexibility index (Phi) is 5.77. The number of nitrogens with zero attached hydrogens (tertiary/aromatic N) is 3. The van der Waals surface area contributed by atoms with Crippen molar-refractivity contribution < 1.29 is 54.5 Å². The van der Waals surface area contributed by atoms with Crippen LogP contribution in [0.5, 0.6) is 0 Å². The van der Waals surface area contributed by atoms with Gasteiger partial charge in [-0.3, -0.25) is 4.57 Å². The van der Waals surface area contributed by atoms with E-state index >= 15 is 0 Å². The van der Waals surface area contributed by atoms with Gasteiger partial charge in [0.25, 0.3) is 0 Å². The van der Waals surface area contributed by atoms with Gasteiger partial charge in [0.1, 0.15) is 18.3 Å². The molecule has 0 aromatic carbocycles. The molecule has 1 aromatic heterocycles. The molecule has 4 atom stereocenters. The second-order valence-electron chi connectivity index (χ2n) is 3.79. The van der Waals surface area contributed by atoms with Gasteiger partial charge in [-0.1, -0.05) is 0 Å². The predicted molar refractivity (Wildman–Crippen MR) is 59.1 cm³/mol. The fraction of sp³-hybridized carbons (Fsp3) is 0.625. The minimum Gasteiger partial charge on any atom is -0.394 e. The molecule has 1 aromatic rings. The van der Waals surface area contributed by atoms with E-state index < -0.39 is 41.9 Å². The quantitative estimate of drug-likeness (QED) is 0.192. The third kappa shape index (κ3) is 2.95. The summed E-state index contributed by atoms with van der Waals surface area (Å²) in [5.41, 5.74) is 0. The molecule has 2 heterocycles. The first-order chi connectivity index (χ1) is 8.47. The van der Waals surface area contributed by atoms with E-state index in [4.69, 9.17) is 9.84 Å². The van der Waals surface area contributed by atoms with Crippen LogP contribution in [0, 0.1) is 10.1 Å². The van der Waals surface area contributed by atoms with E-state index in [1.54, 1.807) is 0 Å². The summed E-state index contributed by atoms with van der Waals surface area (Å²) >= 11 is 3.93. The molecule has 0 amide bonds. The molecule has 0 radical (unpaired) electrons. The van der Waals surface area contributed by atoms with Gasteiger partial charge >= 0.3 is 35.4 Å². The molecular weight excluding hydrogens is 289 g/mol. The van der Waals surface area contributed by atoms with Gasteiger partial charge < -0.3 is 30.2 Å². The molecular formula is C8H11N3NaO6S+. The Hall–Kier alpha value is -0.200. The molecule has 0 bridgehead atoms. The van der Waals surface area contributed by atoms with Crippen molar-refractivity contribution in [2.24, 2.45) is 0 Å². The molecule has 11 heteroatoms. The number of hydrogen-bond acceptors (Lipinski definition) is 8. The smallest absolute Gasteiger partial charge is 0.394 e. The van der Waals surface area contributed by atoms with Crippen LogP contribution in [0.3, 0.4) is 0 Å². The molecule has 9 nitrogen and oxygen atoms in total. The first-order valence-corrected chi connectivity index (χ1v) is 5.44. The minimum absolute atomic E-state index is 0. The molecule has 1 fully saturated rings. The molecule has 0 unspecified atom stereocenters. The summed E-state index contributed by atoms with van der Waals surface area (Å²) in [6.45, 7) is -0.479. The number of rotatable bonds is 3. The maximum absolute atomic E-state index is 10.6. The van der Waals surface area contributed by atoms with Crippen molar-refractivity contribution in [3.05, 3.63) is 16.4 Å². The van der Waals surface area contributed by atoms with Crippen molar-refractivity contribution in [2.75, 3.05) is 6.61 Å². The average molecular weight is 300 g/mol. The van der Waals surface area contributed by atoms with Gasteiger partial charge in [-0.15, -0.1) is 12.6 Å². The maximum Gasteiger partial charge on any atom is 1.00 e. The van der Waals surface area contributed by atoms with Crippen LogP contribution in [0.2, 0.25) is 0 Å². The van der Waals surface area contributed by atoms with Gasteiger partial charge in [-0.25, -0.2) is 0 Å².